The Kier molecular flexibility index (Phi) is 5.09. The van der Waals surface area contributed by atoms with Crippen LogP contribution in [-0.4, -0.2) is 16.9 Å². The largest absolute Gasteiger partial charge is 0.373 e. The van der Waals surface area contributed by atoms with E-state index in [9.17, 15) is 4.79 Å². The van der Waals surface area contributed by atoms with Gasteiger partial charge >= 0.3 is 0 Å². The van der Waals surface area contributed by atoms with E-state index in [0.29, 0.717) is 6.42 Å². The fraction of sp³-hybridized carbons (Fsp3) is 0.143. The smallest absolute Gasteiger partial charge is 0.240 e. The number of aromatic nitrogens is 1. The Balaban J connectivity index is 1.79. The maximum absolute atomic E-state index is 11.9. The Morgan fingerprint density at radius 2 is 1.76 bits per heavy atom. The molecule has 4 heteroatoms. The van der Waals surface area contributed by atoms with Gasteiger partial charge in [-0.2, -0.15) is 0 Å². The number of nitrogens with zero attached hydrogens (tertiary/aromatic N) is 1. The van der Waals surface area contributed by atoms with Gasteiger partial charge in [0.1, 0.15) is 6.04 Å². The molecule has 0 saturated heterocycles. The molecule has 1 unspecified atom stereocenters. The zero-order valence-corrected chi connectivity index (χ0v) is 14.1. The van der Waals surface area contributed by atoms with Gasteiger partial charge in [0, 0.05) is 24.5 Å². The molecule has 0 aliphatic heterocycles. The second kappa shape index (κ2) is 7.62. The van der Waals surface area contributed by atoms with Crippen molar-refractivity contribution in [3.8, 4) is 11.1 Å². The minimum absolute atomic E-state index is 0.360. The summed E-state index contributed by atoms with van der Waals surface area (Å²) in [5.74, 6) is -0.360. The van der Waals surface area contributed by atoms with Gasteiger partial charge in [0.05, 0.1) is 0 Å². The number of benzene rings is 2. The number of rotatable bonds is 6. The Hall–Kier alpha value is -3.14. The molecule has 0 radical (unpaired) electrons. The number of nitrogens with one attached hydrogen (secondary N) is 1. The van der Waals surface area contributed by atoms with Crippen LogP contribution >= 0.6 is 0 Å². The van der Waals surface area contributed by atoms with Crippen molar-refractivity contribution in [2.75, 3.05) is 5.32 Å². The van der Waals surface area contributed by atoms with E-state index in [1.807, 2.05) is 61.5 Å². The summed E-state index contributed by atoms with van der Waals surface area (Å²) < 4.78 is 0. The Morgan fingerprint density at radius 3 is 2.40 bits per heavy atom. The highest BCUT2D eigenvalue weighted by Gasteiger charge is 2.16. The molecule has 0 aliphatic carbocycles. The maximum atomic E-state index is 11.9. The van der Waals surface area contributed by atoms with Gasteiger partial charge in [-0.05, 0) is 53.4 Å². The summed E-state index contributed by atoms with van der Waals surface area (Å²) in [5.41, 5.74) is 10.9. The molecule has 0 bridgehead atoms. The van der Waals surface area contributed by atoms with Crippen molar-refractivity contribution in [2.24, 2.45) is 5.73 Å². The van der Waals surface area contributed by atoms with Crippen molar-refractivity contribution in [2.45, 2.75) is 19.4 Å². The van der Waals surface area contributed by atoms with E-state index in [0.717, 1.165) is 27.9 Å². The van der Waals surface area contributed by atoms with Crippen LogP contribution in [0.2, 0.25) is 0 Å². The van der Waals surface area contributed by atoms with Crippen LogP contribution in [0.3, 0.4) is 0 Å². The average molecular weight is 331 g/mol. The summed E-state index contributed by atoms with van der Waals surface area (Å²) in [5, 5.41) is 3.29. The number of carbonyl (C=O) groups is 1. The van der Waals surface area contributed by atoms with Crippen LogP contribution in [0.5, 0.6) is 0 Å². The van der Waals surface area contributed by atoms with Crippen LogP contribution in [-0.2, 0) is 11.2 Å². The summed E-state index contributed by atoms with van der Waals surface area (Å²) in [6.07, 6.45) is 4.11. The molecule has 0 fully saturated rings. The predicted molar refractivity (Wildman–Crippen MR) is 101 cm³/mol. The summed E-state index contributed by atoms with van der Waals surface area (Å²) in [4.78, 5) is 15.9. The normalized spacial score (nSPS) is 11.7. The molecule has 25 heavy (non-hydrogen) atoms. The first kappa shape index (κ1) is 16.7. The Bertz CT molecular complexity index is 848. The number of amides is 1. The van der Waals surface area contributed by atoms with E-state index < -0.39 is 6.04 Å². The van der Waals surface area contributed by atoms with Crippen LogP contribution in [0.15, 0.2) is 73.1 Å². The summed E-state index contributed by atoms with van der Waals surface area (Å²) in [7, 11) is 0. The van der Waals surface area contributed by atoms with E-state index in [4.69, 9.17) is 5.73 Å². The minimum Gasteiger partial charge on any atom is -0.373 e. The van der Waals surface area contributed by atoms with Crippen molar-refractivity contribution >= 4 is 11.6 Å². The van der Waals surface area contributed by atoms with E-state index in [-0.39, 0.29) is 5.91 Å². The van der Waals surface area contributed by atoms with Crippen LogP contribution in [0, 0.1) is 6.92 Å². The number of hydrogen-bond donors (Lipinski definition) is 2. The molecule has 1 aromatic heterocycles. The highest BCUT2D eigenvalue weighted by Crippen LogP contribution is 2.25. The summed E-state index contributed by atoms with van der Waals surface area (Å²) >= 11 is 0. The van der Waals surface area contributed by atoms with Crippen LogP contribution in [0.1, 0.15) is 11.1 Å². The predicted octanol–water partition coefficient (Wildman–Crippen LogP) is 3.57. The lowest BCUT2D eigenvalue weighted by atomic mass is 10.0. The second-order valence-corrected chi connectivity index (χ2v) is 6.05. The molecular weight excluding hydrogens is 310 g/mol. The number of carbonyl (C=O) groups excluding carboxylic acids is 1. The molecule has 1 heterocycles. The third-order valence-corrected chi connectivity index (χ3v) is 4.20. The van der Waals surface area contributed by atoms with Crippen molar-refractivity contribution in [1.29, 1.82) is 0 Å². The molecule has 3 rings (SSSR count). The van der Waals surface area contributed by atoms with E-state index in [2.05, 4.69) is 16.4 Å². The van der Waals surface area contributed by atoms with Gasteiger partial charge in [0.15, 0.2) is 0 Å². The number of primary amides is 1. The van der Waals surface area contributed by atoms with Crippen molar-refractivity contribution in [3.05, 3.63) is 84.2 Å². The molecule has 1 amide bonds. The summed E-state index contributed by atoms with van der Waals surface area (Å²) in [6, 6.07) is 19.5. The molecular formula is C21H21N3O. The quantitative estimate of drug-likeness (QED) is 0.725. The van der Waals surface area contributed by atoms with Gasteiger partial charge < -0.3 is 11.1 Å². The first-order valence-electron chi connectivity index (χ1n) is 8.24. The number of aryl methyl sites for hydroxylation is 1. The van der Waals surface area contributed by atoms with Gasteiger partial charge in [0.25, 0.3) is 0 Å². The fourth-order valence-corrected chi connectivity index (χ4v) is 2.81. The average Bonchev–Trinajstić information content (AvgIpc) is 2.64. The van der Waals surface area contributed by atoms with Gasteiger partial charge in [0.2, 0.25) is 5.91 Å². The first-order valence-corrected chi connectivity index (χ1v) is 8.24. The number of anilines is 1. The monoisotopic (exact) mass is 331 g/mol. The zero-order chi connectivity index (χ0) is 17.6. The molecule has 126 valence electrons. The number of hydrogen-bond acceptors (Lipinski definition) is 3. The SMILES string of the molecule is Cc1cc(-c2ccncc2)ccc1NC(Cc1ccccc1)C(N)=O. The molecule has 3 N–H and O–H groups in total. The third kappa shape index (κ3) is 4.23. The van der Waals surface area contributed by atoms with Crippen molar-refractivity contribution in [1.82, 2.24) is 4.98 Å². The Labute approximate surface area is 147 Å². The zero-order valence-electron chi connectivity index (χ0n) is 14.1. The minimum atomic E-state index is -0.451. The molecule has 4 nitrogen and oxygen atoms in total. The fourth-order valence-electron chi connectivity index (χ4n) is 2.81. The molecule has 2 aromatic carbocycles. The lowest BCUT2D eigenvalue weighted by Crippen LogP contribution is -2.37. The topological polar surface area (TPSA) is 68.0 Å². The molecule has 0 aliphatic rings. The lowest BCUT2D eigenvalue weighted by Gasteiger charge is -2.19. The summed E-state index contributed by atoms with van der Waals surface area (Å²) in [6.45, 7) is 2.02. The van der Waals surface area contributed by atoms with Crippen molar-refractivity contribution in [3.63, 3.8) is 0 Å². The van der Waals surface area contributed by atoms with E-state index >= 15 is 0 Å². The van der Waals surface area contributed by atoms with Gasteiger partial charge in [-0.25, -0.2) is 0 Å². The third-order valence-electron chi connectivity index (χ3n) is 4.20. The van der Waals surface area contributed by atoms with E-state index in [1.54, 1.807) is 12.4 Å². The molecule has 1 atom stereocenters. The molecule has 3 aromatic rings. The lowest BCUT2D eigenvalue weighted by molar-refractivity contribution is -0.118. The standard InChI is InChI=1S/C21H21N3O/c1-15-13-18(17-9-11-23-12-10-17)7-8-19(15)24-20(21(22)25)14-16-5-3-2-4-6-16/h2-13,20,24H,14H2,1H3,(H2,22,25). The van der Waals surface area contributed by atoms with E-state index in [1.165, 1.54) is 0 Å². The molecule has 0 spiro atoms. The van der Waals surface area contributed by atoms with Gasteiger partial charge in [-0.15, -0.1) is 0 Å². The van der Waals surface area contributed by atoms with Gasteiger partial charge in [-0.1, -0.05) is 36.4 Å². The second-order valence-electron chi connectivity index (χ2n) is 6.05. The highest BCUT2D eigenvalue weighted by molar-refractivity contribution is 5.84. The first-order chi connectivity index (χ1) is 12.1. The number of pyridine rings is 1. The van der Waals surface area contributed by atoms with Crippen LogP contribution in [0.25, 0.3) is 11.1 Å². The maximum Gasteiger partial charge on any atom is 0.240 e. The number of nitrogens with two attached hydrogens (primary N) is 1. The highest BCUT2D eigenvalue weighted by atomic mass is 16.1. The molecule has 0 saturated carbocycles. The van der Waals surface area contributed by atoms with Crippen molar-refractivity contribution < 1.29 is 4.79 Å². The Morgan fingerprint density at radius 1 is 1.04 bits per heavy atom. The van der Waals surface area contributed by atoms with Crippen LogP contribution < -0.4 is 11.1 Å². The van der Waals surface area contributed by atoms with Gasteiger partial charge in [-0.3, -0.25) is 9.78 Å². The van der Waals surface area contributed by atoms with Crippen LogP contribution in [0.4, 0.5) is 5.69 Å².